The fraction of sp³-hybridized carbons (Fsp3) is 0.556. The van der Waals surface area contributed by atoms with E-state index in [4.69, 9.17) is 0 Å². The van der Waals surface area contributed by atoms with Gasteiger partial charge in [-0.15, -0.1) is 0 Å². The number of amides is 1. The molecule has 0 unspecified atom stereocenters. The van der Waals surface area contributed by atoms with Crippen molar-refractivity contribution in [3.8, 4) is 0 Å². The molecule has 0 spiro atoms. The van der Waals surface area contributed by atoms with Crippen molar-refractivity contribution in [1.82, 2.24) is 16.0 Å². The molecule has 9 heteroatoms. The lowest BCUT2D eigenvalue weighted by Gasteiger charge is -2.13. The van der Waals surface area contributed by atoms with Crippen LogP contribution < -0.4 is 16.0 Å². The highest BCUT2D eigenvalue weighted by Gasteiger charge is 2.11. The highest BCUT2D eigenvalue weighted by Crippen LogP contribution is 2.15. The van der Waals surface area contributed by atoms with Crippen LogP contribution in [-0.2, 0) is 26.9 Å². The van der Waals surface area contributed by atoms with Crippen molar-refractivity contribution in [2.24, 2.45) is 10.9 Å². The minimum absolute atomic E-state index is 0.0242. The van der Waals surface area contributed by atoms with Crippen molar-refractivity contribution in [3.63, 3.8) is 0 Å². The van der Waals surface area contributed by atoms with Crippen molar-refractivity contribution in [3.05, 3.63) is 35.1 Å². The fourth-order valence-corrected chi connectivity index (χ4v) is 3.09. The van der Waals surface area contributed by atoms with E-state index in [1.54, 1.807) is 0 Å². The first-order valence-corrected chi connectivity index (χ1v) is 10.9. The van der Waals surface area contributed by atoms with E-state index < -0.39 is 15.7 Å². The first kappa shape index (κ1) is 22.9. The normalized spacial score (nSPS) is 12.1. The second-order valence-electron chi connectivity index (χ2n) is 6.55. The van der Waals surface area contributed by atoms with Gasteiger partial charge in [-0.3, -0.25) is 4.79 Å². The van der Waals surface area contributed by atoms with Crippen molar-refractivity contribution < 1.29 is 17.6 Å². The van der Waals surface area contributed by atoms with Crippen LogP contribution in [0.5, 0.6) is 0 Å². The molecule has 27 heavy (non-hydrogen) atoms. The second-order valence-corrected chi connectivity index (χ2v) is 8.69. The number of guanidine groups is 1. The van der Waals surface area contributed by atoms with Crippen LogP contribution in [0.15, 0.2) is 23.2 Å². The van der Waals surface area contributed by atoms with E-state index in [2.05, 4.69) is 20.9 Å². The van der Waals surface area contributed by atoms with E-state index in [1.165, 1.54) is 18.2 Å². The molecule has 1 aromatic carbocycles. The van der Waals surface area contributed by atoms with Gasteiger partial charge in [0.1, 0.15) is 5.82 Å². The maximum atomic E-state index is 13.6. The lowest BCUT2D eigenvalue weighted by Crippen LogP contribution is -2.42. The SMILES string of the molecule is CCNC(=NCc1cc(F)ccc1CS(C)(=O)=O)NCCNC(=O)C(C)C. The summed E-state index contributed by atoms with van der Waals surface area (Å²) in [6.45, 7) is 7.24. The molecule has 0 aliphatic carbocycles. The van der Waals surface area contributed by atoms with Gasteiger partial charge < -0.3 is 16.0 Å². The molecule has 3 N–H and O–H groups in total. The van der Waals surface area contributed by atoms with Gasteiger partial charge in [-0.2, -0.15) is 0 Å². The largest absolute Gasteiger partial charge is 0.357 e. The molecule has 0 saturated carbocycles. The zero-order valence-corrected chi connectivity index (χ0v) is 17.1. The first-order chi connectivity index (χ1) is 12.6. The van der Waals surface area contributed by atoms with Crippen molar-refractivity contribution in [1.29, 1.82) is 0 Å². The molecule has 0 fully saturated rings. The summed E-state index contributed by atoms with van der Waals surface area (Å²) in [4.78, 5) is 15.9. The third-order valence-corrected chi connectivity index (χ3v) is 4.41. The topological polar surface area (TPSA) is 99.7 Å². The monoisotopic (exact) mass is 400 g/mol. The Hall–Kier alpha value is -2.16. The van der Waals surface area contributed by atoms with Gasteiger partial charge in [-0.25, -0.2) is 17.8 Å². The Balaban J connectivity index is 2.77. The third-order valence-electron chi connectivity index (χ3n) is 3.58. The van der Waals surface area contributed by atoms with E-state index in [-0.39, 0.29) is 24.1 Å². The van der Waals surface area contributed by atoms with Gasteiger partial charge >= 0.3 is 0 Å². The number of sulfone groups is 1. The maximum Gasteiger partial charge on any atom is 0.222 e. The Morgan fingerprint density at radius 3 is 2.41 bits per heavy atom. The standard InChI is InChI=1S/C18H29FN4O3S/c1-5-20-18(22-9-8-21-17(24)13(2)3)23-11-15-10-16(19)7-6-14(15)12-27(4,25)26/h6-7,10,13H,5,8-9,11-12H2,1-4H3,(H,21,24)(H2,20,22,23). The lowest BCUT2D eigenvalue weighted by atomic mass is 10.1. The maximum absolute atomic E-state index is 13.6. The summed E-state index contributed by atoms with van der Waals surface area (Å²) >= 11 is 0. The van der Waals surface area contributed by atoms with Gasteiger partial charge in [0.25, 0.3) is 0 Å². The molecule has 0 heterocycles. The number of hydrogen-bond donors (Lipinski definition) is 3. The number of nitrogens with one attached hydrogen (secondary N) is 3. The van der Waals surface area contributed by atoms with E-state index >= 15 is 0 Å². The molecule has 0 aliphatic rings. The number of benzene rings is 1. The molecule has 1 aromatic rings. The minimum Gasteiger partial charge on any atom is -0.357 e. The lowest BCUT2D eigenvalue weighted by molar-refractivity contribution is -0.123. The number of aliphatic imine (C=N–C) groups is 1. The Morgan fingerprint density at radius 2 is 1.81 bits per heavy atom. The molecule has 7 nitrogen and oxygen atoms in total. The number of rotatable bonds is 9. The average molecular weight is 401 g/mol. The average Bonchev–Trinajstić information content (AvgIpc) is 2.56. The van der Waals surface area contributed by atoms with Crippen LogP contribution in [-0.4, -0.2) is 46.2 Å². The molecule has 0 aromatic heterocycles. The minimum atomic E-state index is -3.24. The third kappa shape index (κ3) is 9.37. The molecule has 152 valence electrons. The highest BCUT2D eigenvalue weighted by molar-refractivity contribution is 7.89. The smallest absolute Gasteiger partial charge is 0.222 e. The zero-order chi connectivity index (χ0) is 20.4. The van der Waals surface area contributed by atoms with Crippen molar-refractivity contribution >= 4 is 21.7 Å². The quantitative estimate of drug-likeness (QED) is 0.329. The Morgan fingerprint density at radius 1 is 1.15 bits per heavy atom. The summed E-state index contributed by atoms with van der Waals surface area (Å²) in [5.41, 5.74) is 1.05. The molecule has 0 aliphatic heterocycles. The second kappa shape index (κ2) is 10.9. The van der Waals surface area contributed by atoms with Crippen LogP contribution in [0.2, 0.25) is 0 Å². The van der Waals surface area contributed by atoms with Gasteiger partial charge in [-0.05, 0) is 30.2 Å². The summed E-state index contributed by atoms with van der Waals surface area (Å²) in [5.74, 6) is -0.196. The fourth-order valence-electron chi connectivity index (χ4n) is 2.24. The molecule has 1 rings (SSSR count). The first-order valence-electron chi connectivity index (χ1n) is 8.87. The van der Waals surface area contributed by atoms with E-state index in [0.29, 0.717) is 36.7 Å². The van der Waals surface area contributed by atoms with Crippen LogP contribution in [0.1, 0.15) is 31.9 Å². The Bertz CT molecular complexity index is 764. The van der Waals surface area contributed by atoms with Crippen LogP contribution in [0.4, 0.5) is 4.39 Å². The van der Waals surface area contributed by atoms with Crippen LogP contribution in [0.3, 0.4) is 0 Å². The van der Waals surface area contributed by atoms with Crippen LogP contribution >= 0.6 is 0 Å². The van der Waals surface area contributed by atoms with Gasteiger partial charge in [0.2, 0.25) is 5.91 Å². The predicted molar refractivity (Wildman–Crippen MR) is 106 cm³/mol. The van der Waals surface area contributed by atoms with E-state index in [9.17, 15) is 17.6 Å². The van der Waals surface area contributed by atoms with Crippen LogP contribution in [0.25, 0.3) is 0 Å². The Kier molecular flexibility index (Phi) is 9.20. The zero-order valence-electron chi connectivity index (χ0n) is 16.3. The molecular formula is C18H29FN4O3S. The molecular weight excluding hydrogens is 371 g/mol. The molecule has 1 amide bonds. The summed E-state index contributed by atoms with van der Waals surface area (Å²) in [5, 5.41) is 8.94. The summed E-state index contributed by atoms with van der Waals surface area (Å²) in [7, 11) is -3.24. The number of halogens is 1. The van der Waals surface area contributed by atoms with E-state index in [1.807, 2.05) is 20.8 Å². The molecule has 0 atom stereocenters. The molecule has 0 saturated heterocycles. The number of carbonyl (C=O) groups is 1. The molecule has 0 bridgehead atoms. The van der Waals surface area contributed by atoms with Gasteiger partial charge in [0.05, 0.1) is 12.3 Å². The Labute approximate surface area is 160 Å². The summed E-state index contributed by atoms with van der Waals surface area (Å²) in [6.07, 6.45) is 1.14. The van der Waals surface area contributed by atoms with Gasteiger partial charge in [0.15, 0.2) is 15.8 Å². The number of carbonyl (C=O) groups excluding carboxylic acids is 1. The number of hydrogen-bond acceptors (Lipinski definition) is 4. The molecule has 0 radical (unpaired) electrons. The van der Waals surface area contributed by atoms with Crippen molar-refractivity contribution in [2.45, 2.75) is 33.1 Å². The van der Waals surface area contributed by atoms with E-state index in [0.717, 1.165) is 6.26 Å². The summed E-state index contributed by atoms with van der Waals surface area (Å²) < 4.78 is 36.7. The number of nitrogens with zero attached hydrogens (tertiary/aromatic N) is 1. The van der Waals surface area contributed by atoms with Crippen molar-refractivity contribution in [2.75, 3.05) is 25.9 Å². The van der Waals surface area contributed by atoms with Gasteiger partial charge in [0, 0.05) is 31.8 Å². The van der Waals surface area contributed by atoms with Gasteiger partial charge in [-0.1, -0.05) is 19.9 Å². The highest BCUT2D eigenvalue weighted by atomic mass is 32.2. The predicted octanol–water partition coefficient (Wildman–Crippen LogP) is 1.20. The van der Waals surface area contributed by atoms with Crippen LogP contribution in [0, 0.1) is 11.7 Å². The summed E-state index contributed by atoms with van der Waals surface area (Å²) in [6, 6.07) is 4.02.